The number of phenolic OH excluding ortho intramolecular Hbond substituents is 1. The second-order valence-corrected chi connectivity index (χ2v) is 5.79. The van der Waals surface area contributed by atoms with Crippen LogP contribution in [0.4, 0.5) is 0 Å². The fourth-order valence-electron chi connectivity index (χ4n) is 1.60. The molecule has 1 atom stereocenters. The highest BCUT2D eigenvalue weighted by Crippen LogP contribution is 2.32. The lowest BCUT2D eigenvalue weighted by atomic mass is 10.1. The van der Waals surface area contributed by atoms with Crippen LogP contribution in [0, 0.1) is 0 Å². The van der Waals surface area contributed by atoms with E-state index >= 15 is 0 Å². The molecule has 1 saturated heterocycles. The van der Waals surface area contributed by atoms with Gasteiger partial charge < -0.3 is 15.7 Å². The Morgan fingerprint density at radius 1 is 1.41 bits per heavy atom. The first kappa shape index (κ1) is 12.8. The molecule has 7 heteroatoms. The van der Waals surface area contributed by atoms with Crippen molar-refractivity contribution in [1.82, 2.24) is 10.6 Å². The zero-order valence-corrected chi connectivity index (χ0v) is 12.4. The van der Waals surface area contributed by atoms with Crippen LogP contribution in [0.15, 0.2) is 21.1 Å². The molecule has 17 heavy (non-hydrogen) atoms. The molecule has 0 bridgehead atoms. The summed E-state index contributed by atoms with van der Waals surface area (Å²) >= 11 is 11.4. The molecule has 0 saturated carbocycles. The molecule has 0 radical (unpaired) electrons. The zero-order chi connectivity index (χ0) is 12.6. The minimum absolute atomic E-state index is 0.139. The predicted octanol–water partition coefficient (Wildman–Crippen LogP) is 1.83. The summed E-state index contributed by atoms with van der Waals surface area (Å²) in [6.45, 7) is 0. The van der Waals surface area contributed by atoms with Crippen LogP contribution < -0.4 is 10.6 Å². The highest BCUT2D eigenvalue weighted by atomic mass is 79.9. The van der Waals surface area contributed by atoms with Crippen LogP contribution in [-0.2, 0) is 11.2 Å². The van der Waals surface area contributed by atoms with Gasteiger partial charge in [-0.15, -0.1) is 0 Å². The van der Waals surface area contributed by atoms with E-state index in [1.807, 2.05) is 0 Å². The summed E-state index contributed by atoms with van der Waals surface area (Å²) < 4.78 is 1.42. The maximum atomic E-state index is 11.5. The van der Waals surface area contributed by atoms with E-state index in [1.165, 1.54) is 0 Å². The largest absolute Gasteiger partial charge is 0.506 e. The Balaban J connectivity index is 2.24. The second kappa shape index (κ2) is 4.91. The minimum Gasteiger partial charge on any atom is -0.506 e. The summed E-state index contributed by atoms with van der Waals surface area (Å²) in [6, 6.07) is 3.08. The van der Waals surface area contributed by atoms with Crippen LogP contribution in [0.1, 0.15) is 5.56 Å². The SMILES string of the molecule is O=C1NC(=S)NC1Cc1cc(Br)cc(Br)c1O. The minimum atomic E-state index is -0.436. The van der Waals surface area contributed by atoms with E-state index in [1.54, 1.807) is 12.1 Å². The Morgan fingerprint density at radius 2 is 2.12 bits per heavy atom. The Bertz CT molecular complexity index is 507. The van der Waals surface area contributed by atoms with E-state index in [0.29, 0.717) is 21.6 Å². The zero-order valence-electron chi connectivity index (χ0n) is 8.46. The standard InChI is InChI=1S/C10H8Br2N2O2S/c11-5-1-4(8(15)6(12)3-5)2-7-9(16)14-10(17)13-7/h1,3,7,15H,2H2,(H2,13,14,16,17). The molecule has 0 spiro atoms. The van der Waals surface area contributed by atoms with Gasteiger partial charge in [0.15, 0.2) is 5.11 Å². The molecule has 4 nitrogen and oxygen atoms in total. The van der Waals surface area contributed by atoms with Crippen LogP contribution >= 0.6 is 44.1 Å². The number of carbonyl (C=O) groups excluding carboxylic acids is 1. The number of hydrogen-bond acceptors (Lipinski definition) is 3. The van der Waals surface area contributed by atoms with E-state index in [0.717, 1.165) is 4.47 Å². The van der Waals surface area contributed by atoms with Gasteiger partial charge in [0.2, 0.25) is 5.91 Å². The number of hydrogen-bond donors (Lipinski definition) is 3. The average Bonchev–Trinajstić information content (AvgIpc) is 2.53. The van der Waals surface area contributed by atoms with Crippen molar-refractivity contribution in [1.29, 1.82) is 0 Å². The van der Waals surface area contributed by atoms with Crippen molar-refractivity contribution in [3.8, 4) is 5.75 Å². The van der Waals surface area contributed by atoms with Crippen LogP contribution in [0.25, 0.3) is 0 Å². The number of nitrogens with one attached hydrogen (secondary N) is 2. The number of phenols is 1. The lowest BCUT2D eigenvalue weighted by Gasteiger charge is -2.11. The first-order valence-electron chi connectivity index (χ1n) is 4.75. The fourth-order valence-corrected chi connectivity index (χ4v) is 3.15. The number of thiocarbonyl (C=S) groups is 1. The molecule has 1 aromatic carbocycles. The van der Waals surface area contributed by atoms with Crippen LogP contribution in [-0.4, -0.2) is 22.2 Å². The number of benzene rings is 1. The van der Waals surface area contributed by atoms with Crippen LogP contribution in [0.2, 0.25) is 0 Å². The molecule has 3 N–H and O–H groups in total. The van der Waals surface area contributed by atoms with Gasteiger partial charge in [-0.1, -0.05) is 15.9 Å². The summed E-state index contributed by atoms with van der Waals surface area (Å²) in [7, 11) is 0. The Labute approximate surface area is 120 Å². The Hall–Kier alpha value is -0.660. The van der Waals surface area contributed by atoms with E-state index in [4.69, 9.17) is 12.2 Å². The van der Waals surface area contributed by atoms with Crippen LogP contribution in [0.5, 0.6) is 5.75 Å². The van der Waals surface area contributed by atoms with Crippen molar-refractivity contribution in [3.63, 3.8) is 0 Å². The molecule has 0 aromatic heterocycles. The van der Waals surface area contributed by atoms with Gasteiger partial charge in [-0.25, -0.2) is 0 Å². The van der Waals surface area contributed by atoms with E-state index in [-0.39, 0.29) is 11.7 Å². The molecule has 1 aliphatic heterocycles. The lowest BCUT2D eigenvalue weighted by Crippen LogP contribution is -2.31. The van der Waals surface area contributed by atoms with Gasteiger partial charge in [0.25, 0.3) is 0 Å². The van der Waals surface area contributed by atoms with Gasteiger partial charge in [-0.05, 0) is 45.8 Å². The van der Waals surface area contributed by atoms with Gasteiger partial charge in [0.1, 0.15) is 11.8 Å². The monoisotopic (exact) mass is 378 g/mol. The lowest BCUT2D eigenvalue weighted by molar-refractivity contribution is -0.120. The Morgan fingerprint density at radius 3 is 2.71 bits per heavy atom. The van der Waals surface area contributed by atoms with E-state index < -0.39 is 6.04 Å². The number of rotatable bonds is 2. The smallest absolute Gasteiger partial charge is 0.249 e. The van der Waals surface area contributed by atoms with Crippen molar-refractivity contribution in [2.24, 2.45) is 0 Å². The summed E-state index contributed by atoms with van der Waals surface area (Å²) in [6.07, 6.45) is 0.371. The van der Waals surface area contributed by atoms with E-state index in [9.17, 15) is 9.90 Å². The molecule has 90 valence electrons. The van der Waals surface area contributed by atoms with Gasteiger partial charge >= 0.3 is 0 Å². The third-order valence-electron chi connectivity index (χ3n) is 2.39. The molecule has 1 aliphatic rings. The maximum absolute atomic E-state index is 11.5. The normalized spacial score (nSPS) is 19.1. The molecular formula is C10H8Br2N2O2S. The topological polar surface area (TPSA) is 61.4 Å². The van der Waals surface area contributed by atoms with E-state index in [2.05, 4.69) is 42.5 Å². The third kappa shape index (κ3) is 2.78. The molecule has 0 aliphatic carbocycles. The predicted molar refractivity (Wildman–Crippen MR) is 74.9 cm³/mol. The van der Waals surface area contributed by atoms with Crippen molar-refractivity contribution in [3.05, 3.63) is 26.6 Å². The number of amides is 1. The molecule has 1 aromatic rings. The first-order chi connectivity index (χ1) is 7.97. The highest BCUT2D eigenvalue weighted by Gasteiger charge is 2.28. The van der Waals surface area contributed by atoms with Gasteiger partial charge in [0, 0.05) is 10.9 Å². The first-order valence-corrected chi connectivity index (χ1v) is 6.75. The molecule has 2 rings (SSSR count). The number of halogens is 2. The second-order valence-electron chi connectivity index (χ2n) is 3.61. The molecule has 1 fully saturated rings. The Kier molecular flexibility index (Phi) is 3.70. The summed E-state index contributed by atoms with van der Waals surface area (Å²) in [5.41, 5.74) is 0.670. The van der Waals surface area contributed by atoms with Gasteiger partial charge in [-0.2, -0.15) is 0 Å². The maximum Gasteiger partial charge on any atom is 0.249 e. The average molecular weight is 380 g/mol. The van der Waals surface area contributed by atoms with Crippen molar-refractivity contribution in [2.75, 3.05) is 0 Å². The van der Waals surface area contributed by atoms with Gasteiger partial charge in [-0.3, -0.25) is 4.79 Å². The molecule has 1 unspecified atom stereocenters. The van der Waals surface area contributed by atoms with Crippen molar-refractivity contribution in [2.45, 2.75) is 12.5 Å². The van der Waals surface area contributed by atoms with Crippen molar-refractivity contribution < 1.29 is 9.90 Å². The molecular weight excluding hydrogens is 372 g/mol. The highest BCUT2D eigenvalue weighted by molar-refractivity contribution is 9.11. The molecule has 1 heterocycles. The number of aromatic hydroxyl groups is 1. The van der Waals surface area contributed by atoms with Crippen LogP contribution in [0.3, 0.4) is 0 Å². The fraction of sp³-hybridized carbons (Fsp3) is 0.200. The summed E-state index contributed by atoms with van der Waals surface area (Å²) in [4.78, 5) is 11.5. The molecule has 1 amide bonds. The summed E-state index contributed by atoms with van der Waals surface area (Å²) in [5.74, 6) is -0.0360. The number of carbonyl (C=O) groups is 1. The van der Waals surface area contributed by atoms with Gasteiger partial charge in [0.05, 0.1) is 4.47 Å². The quantitative estimate of drug-likeness (QED) is 0.686. The van der Waals surface area contributed by atoms with Crippen molar-refractivity contribution >= 4 is 55.1 Å². The third-order valence-corrected chi connectivity index (χ3v) is 3.67. The summed E-state index contributed by atoms with van der Waals surface area (Å²) in [5, 5.41) is 15.6.